The van der Waals surface area contributed by atoms with Gasteiger partial charge in [0.15, 0.2) is 12.4 Å². The van der Waals surface area contributed by atoms with Crippen LogP contribution in [-0.2, 0) is 6.61 Å². The van der Waals surface area contributed by atoms with Crippen LogP contribution in [0.2, 0.25) is 0 Å². The fourth-order valence-electron chi connectivity index (χ4n) is 1.66. The van der Waals surface area contributed by atoms with Crippen molar-refractivity contribution in [1.29, 1.82) is 0 Å². The zero-order valence-electron chi connectivity index (χ0n) is 10.7. The lowest BCUT2D eigenvalue weighted by Gasteiger charge is -2.13. The normalized spacial score (nSPS) is 12.4. The van der Waals surface area contributed by atoms with Gasteiger partial charge < -0.3 is 14.4 Å². The summed E-state index contributed by atoms with van der Waals surface area (Å²) in [6.45, 7) is 5.62. The summed E-state index contributed by atoms with van der Waals surface area (Å²) in [4.78, 5) is 4.05. The minimum atomic E-state index is -0.579. The van der Waals surface area contributed by atoms with Crippen LogP contribution in [0.5, 0.6) is 5.75 Å². The average Bonchev–Trinajstić information content (AvgIpc) is 2.73. The number of hydrogen-bond donors (Lipinski definition) is 1. The van der Waals surface area contributed by atoms with Crippen LogP contribution in [0.15, 0.2) is 22.7 Å². The Morgan fingerprint density at radius 1 is 1.39 bits per heavy atom. The maximum atomic E-state index is 9.70. The van der Waals surface area contributed by atoms with Crippen LogP contribution >= 0.6 is 0 Å². The second-order valence-corrected chi connectivity index (χ2v) is 4.24. The van der Waals surface area contributed by atoms with E-state index in [-0.39, 0.29) is 6.61 Å². The van der Waals surface area contributed by atoms with Gasteiger partial charge in [-0.05, 0) is 32.9 Å². The summed E-state index contributed by atoms with van der Waals surface area (Å²) in [5.41, 5.74) is 1.83. The standard InChI is InChI=1S/C13H16N2O3/c1-8-4-5-12(11(6-8)9(2)16)17-7-13-14-10(3)15-18-13/h4-6,9,16H,7H2,1-3H3/t9-/m0/s1. The van der Waals surface area contributed by atoms with E-state index >= 15 is 0 Å². The lowest BCUT2D eigenvalue weighted by molar-refractivity contribution is 0.185. The molecule has 5 nitrogen and oxygen atoms in total. The first kappa shape index (κ1) is 12.6. The van der Waals surface area contributed by atoms with Crippen molar-refractivity contribution >= 4 is 0 Å². The fourth-order valence-corrected chi connectivity index (χ4v) is 1.66. The van der Waals surface area contributed by atoms with Gasteiger partial charge in [-0.2, -0.15) is 4.98 Å². The Balaban J connectivity index is 2.13. The Morgan fingerprint density at radius 3 is 2.78 bits per heavy atom. The van der Waals surface area contributed by atoms with E-state index in [1.165, 1.54) is 0 Å². The summed E-state index contributed by atoms with van der Waals surface area (Å²) in [7, 11) is 0. The van der Waals surface area contributed by atoms with Gasteiger partial charge in [0.2, 0.25) is 0 Å². The molecule has 96 valence electrons. The van der Waals surface area contributed by atoms with Crippen LogP contribution < -0.4 is 4.74 Å². The summed E-state index contributed by atoms with van der Waals surface area (Å²) in [5, 5.41) is 13.4. The number of aryl methyl sites for hydroxylation is 2. The van der Waals surface area contributed by atoms with E-state index < -0.39 is 6.10 Å². The summed E-state index contributed by atoms with van der Waals surface area (Å²) in [5.74, 6) is 1.63. The average molecular weight is 248 g/mol. The van der Waals surface area contributed by atoms with Gasteiger partial charge in [-0.1, -0.05) is 16.8 Å². The van der Waals surface area contributed by atoms with E-state index in [1.807, 2.05) is 25.1 Å². The zero-order valence-corrected chi connectivity index (χ0v) is 10.7. The number of nitrogens with zero attached hydrogens (tertiary/aromatic N) is 2. The first-order valence-electron chi connectivity index (χ1n) is 5.77. The molecule has 1 heterocycles. The maximum Gasteiger partial charge on any atom is 0.264 e. The Morgan fingerprint density at radius 2 is 2.17 bits per heavy atom. The predicted molar refractivity (Wildman–Crippen MR) is 65.2 cm³/mol. The molecule has 1 aromatic carbocycles. The highest BCUT2D eigenvalue weighted by atomic mass is 16.5. The molecule has 0 saturated carbocycles. The Kier molecular flexibility index (Phi) is 3.62. The zero-order chi connectivity index (χ0) is 13.1. The molecule has 0 radical (unpaired) electrons. The molecule has 0 saturated heterocycles. The molecule has 18 heavy (non-hydrogen) atoms. The molecule has 0 bridgehead atoms. The molecule has 5 heteroatoms. The molecule has 0 spiro atoms. The fraction of sp³-hybridized carbons (Fsp3) is 0.385. The van der Waals surface area contributed by atoms with Crippen molar-refractivity contribution in [2.45, 2.75) is 33.5 Å². The molecule has 0 aliphatic rings. The van der Waals surface area contributed by atoms with Gasteiger partial charge in [-0.25, -0.2) is 0 Å². The second-order valence-electron chi connectivity index (χ2n) is 4.24. The van der Waals surface area contributed by atoms with Gasteiger partial charge in [-0.3, -0.25) is 0 Å². The van der Waals surface area contributed by atoms with Gasteiger partial charge in [0, 0.05) is 5.56 Å². The van der Waals surface area contributed by atoms with Gasteiger partial charge in [0.25, 0.3) is 5.89 Å². The molecule has 1 N–H and O–H groups in total. The molecular weight excluding hydrogens is 232 g/mol. The van der Waals surface area contributed by atoms with Crippen molar-refractivity contribution in [1.82, 2.24) is 10.1 Å². The first-order chi connectivity index (χ1) is 8.56. The van der Waals surface area contributed by atoms with Crippen molar-refractivity contribution in [2.24, 2.45) is 0 Å². The van der Waals surface area contributed by atoms with Crippen molar-refractivity contribution in [3.8, 4) is 5.75 Å². The maximum absolute atomic E-state index is 9.70. The van der Waals surface area contributed by atoms with Gasteiger partial charge in [0.1, 0.15) is 5.75 Å². The summed E-state index contributed by atoms with van der Waals surface area (Å²) >= 11 is 0. The van der Waals surface area contributed by atoms with Crippen LogP contribution in [0, 0.1) is 13.8 Å². The largest absolute Gasteiger partial charge is 0.483 e. The van der Waals surface area contributed by atoms with Crippen molar-refractivity contribution in [3.05, 3.63) is 41.0 Å². The van der Waals surface area contributed by atoms with E-state index in [2.05, 4.69) is 10.1 Å². The lowest BCUT2D eigenvalue weighted by atomic mass is 10.1. The van der Waals surface area contributed by atoms with E-state index in [1.54, 1.807) is 13.8 Å². The van der Waals surface area contributed by atoms with E-state index in [0.29, 0.717) is 17.5 Å². The molecule has 1 aromatic heterocycles. The monoisotopic (exact) mass is 248 g/mol. The molecule has 0 aliphatic carbocycles. The van der Waals surface area contributed by atoms with E-state index in [0.717, 1.165) is 11.1 Å². The highest BCUT2D eigenvalue weighted by Gasteiger charge is 2.11. The summed E-state index contributed by atoms with van der Waals surface area (Å²) in [6, 6.07) is 5.67. The minimum Gasteiger partial charge on any atom is -0.483 e. The molecule has 2 rings (SSSR count). The highest BCUT2D eigenvalue weighted by molar-refractivity contribution is 5.38. The Bertz CT molecular complexity index is 535. The van der Waals surface area contributed by atoms with Gasteiger partial charge in [-0.15, -0.1) is 0 Å². The highest BCUT2D eigenvalue weighted by Crippen LogP contribution is 2.26. The van der Waals surface area contributed by atoms with Crippen LogP contribution in [0.4, 0.5) is 0 Å². The summed E-state index contributed by atoms with van der Waals surface area (Å²) < 4.78 is 10.6. The molecule has 0 amide bonds. The number of aliphatic hydroxyl groups is 1. The topological polar surface area (TPSA) is 68.4 Å². The Labute approximate surface area is 105 Å². The number of benzene rings is 1. The van der Waals surface area contributed by atoms with Crippen LogP contribution in [0.1, 0.15) is 35.9 Å². The number of hydrogen-bond acceptors (Lipinski definition) is 5. The smallest absolute Gasteiger partial charge is 0.264 e. The molecule has 0 aliphatic heterocycles. The van der Waals surface area contributed by atoms with Crippen molar-refractivity contribution in [2.75, 3.05) is 0 Å². The lowest BCUT2D eigenvalue weighted by Crippen LogP contribution is -2.01. The molecular formula is C13H16N2O3. The predicted octanol–water partition coefficient (Wildman–Crippen LogP) is 2.32. The van der Waals surface area contributed by atoms with Gasteiger partial charge >= 0.3 is 0 Å². The van der Waals surface area contributed by atoms with E-state index in [4.69, 9.17) is 9.26 Å². The third kappa shape index (κ3) is 2.87. The molecule has 0 fully saturated rings. The van der Waals surface area contributed by atoms with Crippen LogP contribution in [0.3, 0.4) is 0 Å². The van der Waals surface area contributed by atoms with E-state index in [9.17, 15) is 5.11 Å². The third-order valence-corrected chi connectivity index (χ3v) is 2.54. The second kappa shape index (κ2) is 5.18. The van der Waals surface area contributed by atoms with Crippen LogP contribution in [-0.4, -0.2) is 15.2 Å². The third-order valence-electron chi connectivity index (χ3n) is 2.54. The number of aliphatic hydroxyl groups excluding tert-OH is 1. The van der Waals surface area contributed by atoms with Crippen LogP contribution in [0.25, 0.3) is 0 Å². The quantitative estimate of drug-likeness (QED) is 0.899. The summed E-state index contributed by atoms with van der Waals surface area (Å²) in [6.07, 6.45) is -0.579. The first-order valence-corrected chi connectivity index (χ1v) is 5.77. The SMILES string of the molecule is Cc1ccc(OCc2nc(C)no2)c([C@H](C)O)c1. The number of rotatable bonds is 4. The van der Waals surface area contributed by atoms with Gasteiger partial charge in [0.05, 0.1) is 6.10 Å². The van der Waals surface area contributed by atoms with Crippen molar-refractivity contribution in [3.63, 3.8) is 0 Å². The Hall–Kier alpha value is -1.88. The minimum absolute atomic E-state index is 0.198. The molecule has 0 unspecified atom stereocenters. The van der Waals surface area contributed by atoms with Crippen molar-refractivity contribution < 1.29 is 14.4 Å². The molecule has 1 atom stereocenters. The molecule has 2 aromatic rings. The number of aromatic nitrogens is 2. The number of ether oxygens (including phenoxy) is 1.